The van der Waals surface area contributed by atoms with Crippen molar-refractivity contribution in [2.75, 3.05) is 44.6 Å². The summed E-state index contributed by atoms with van der Waals surface area (Å²) in [5, 5.41) is 8.59. The minimum atomic E-state index is 0.442. The van der Waals surface area contributed by atoms with E-state index in [1.54, 1.807) is 11.3 Å². The molecule has 0 aromatic carbocycles. The van der Waals surface area contributed by atoms with Gasteiger partial charge in [0.2, 0.25) is 0 Å². The second kappa shape index (κ2) is 10.9. The molecule has 2 fully saturated rings. The summed E-state index contributed by atoms with van der Waals surface area (Å²) in [6.07, 6.45) is 3.42. The Morgan fingerprint density at radius 1 is 1.31 bits per heavy atom. The summed E-state index contributed by atoms with van der Waals surface area (Å²) in [5.41, 5.74) is 2.43. The van der Waals surface area contributed by atoms with Gasteiger partial charge in [-0.15, -0.1) is 11.3 Å². The molecule has 3 rings (SSSR count). The van der Waals surface area contributed by atoms with Crippen LogP contribution < -0.4 is 11.2 Å². The van der Waals surface area contributed by atoms with Crippen LogP contribution in [-0.4, -0.2) is 65.1 Å². The molecule has 0 spiro atoms. The van der Waals surface area contributed by atoms with Crippen molar-refractivity contribution in [3.63, 3.8) is 0 Å². The van der Waals surface area contributed by atoms with Gasteiger partial charge in [0.15, 0.2) is 5.13 Å². The maximum atomic E-state index is 5.97. The van der Waals surface area contributed by atoms with Gasteiger partial charge in [0.1, 0.15) is 0 Å². The number of anilines is 1. The third-order valence-electron chi connectivity index (χ3n) is 5.08. The third-order valence-corrected chi connectivity index (χ3v) is 5.93. The highest BCUT2D eigenvalue weighted by molar-refractivity contribution is 7.13. The molecular weight excluding hydrogens is 344 g/mol. The molecule has 0 bridgehead atoms. The van der Waals surface area contributed by atoms with Crippen molar-refractivity contribution in [2.45, 2.75) is 52.6 Å². The summed E-state index contributed by atoms with van der Waals surface area (Å²) in [6.45, 7) is 17.5. The largest absolute Gasteiger partial charge is 0.373 e. The number of nitrogens with one attached hydrogen (secondary N) is 1. The lowest BCUT2D eigenvalue weighted by Crippen LogP contribution is -2.45. The first-order chi connectivity index (χ1) is 12.7. The van der Waals surface area contributed by atoms with Gasteiger partial charge >= 0.3 is 0 Å². The molecule has 3 N–H and O–H groups in total. The minimum Gasteiger partial charge on any atom is -0.373 e. The highest BCUT2D eigenvalue weighted by Crippen LogP contribution is 2.20. The van der Waals surface area contributed by atoms with E-state index in [0.29, 0.717) is 6.04 Å². The number of rotatable bonds is 7. The molecule has 0 unspecified atom stereocenters. The highest BCUT2D eigenvalue weighted by atomic mass is 32.1. The van der Waals surface area contributed by atoms with Gasteiger partial charge in [-0.1, -0.05) is 27.4 Å². The first-order valence-electron chi connectivity index (χ1n) is 10.0. The number of aromatic nitrogens is 1. The van der Waals surface area contributed by atoms with Gasteiger partial charge in [-0.05, 0) is 19.3 Å². The second-order valence-corrected chi connectivity index (χ2v) is 7.60. The van der Waals surface area contributed by atoms with Gasteiger partial charge in [0, 0.05) is 62.9 Å². The maximum Gasteiger partial charge on any atom is 0.182 e. The molecule has 3 heterocycles. The molecule has 2 aliphatic heterocycles. The van der Waals surface area contributed by atoms with Crippen LogP contribution in [0.2, 0.25) is 0 Å². The number of hydrogen-bond donors (Lipinski definition) is 2. The van der Waals surface area contributed by atoms with Crippen molar-refractivity contribution in [1.29, 1.82) is 0 Å². The van der Waals surface area contributed by atoms with Crippen LogP contribution in [0, 0.1) is 0 Å². The van der Waals surface area contributed by atoms with Crippen LogP contribution in [0.3, 0.4) is 0 Å². The highest BCUT2D eigenvalue weighted by Gasteiger charge is 2.22. The van der Waals surface area contributed by atoms with Gasteiger partial charge in [-0.2, -0.15) is 0 Å². The van der Waals surface area contributed by atoms with Crippen LogP contribution in [0.5, 0.6) is 0 Å². The average molecular weight is 381 g/mol. The van der Waals surface area contributed by atoms with E-state index in [9.17, 15) is 0 Å². The molecular formula is C19H36N6S. The van der Waals surface area contributed by atoms with E-state index in [2.05, 4.69) is 34.0 Å². The fourth-order valence-electron chi connectivity index (χ4n) is 3.42. The summed E-state index contributed by atoms with van der Waals surface area (Å²) in [7, 11) is 0. The summed E-state index contributed by atoms with van der Waals surface area (Å²) < 4.78 is 0. The van der Waals surface area contributed by atoms with Crippen LogP contribution in [0.15, 0.2) is 17.7 Å². The molecule has 6 nitrogen and oxygen atoms in total. The first-order valence-corrected chi connectivity index (χ1v) is 10.9. The minimum absolute atomic E-state index is 0.442. The van der Waals surface area contributed by atoms with E-state index >= 15 is 0 Å². The monoisotopic (exact) mass is 380 g/mol. The first kappa shape index (κ1) is 21.2. The van der Waals surface area contributed by atoms with Crippen molar-refractivity contribution >= 4 is 16.5 Å². The predicted molar refractivity (Wildman–Crippen MR) is 112 cm³/mol. The lowest BCUT2D eigenvalue weighted by Gasteiger charge is -2.36. The predicted octanol–water partition coefficient (Wildman–Crippen LogP) is 2.96. The van der Waals surface area contributed by atoms with Crippen LogP contribution in [0.4, 0.5) is 5.13 Å². The van der Waals surface area contributed by atoms with Crippen molar-refractivity contribution in [3.05, 3.63) is 23.3 Å². The molecule has 2 saturated heterocycles. The Labute approximate surface area is 163 Å². The quantitative estimate of drug-likeness (QED) is 0.709. The van der Waals surface area contributed by atoms with E-state index in [1.165, 1.54) is 24.2 Å². The molecule has 0 saturated carbocycles. The molecule has 0 radical (unpaired) electrons. The summed E-state index contributed by atoms with van der Waals surface area (Å²) in [4.78, 5) is 9.63. The molecule has 148 valence electrons. The number of piperazine rings is 1. The molecule has 0 amide bonds. The Morgan fingerprint density at radius 2 is 2.04 bits per heavy atom. The molecule has 7 heteroatoms. The summed E-state index contributed by atoms with van der Waals surface area (Å²) >= 11 is 1.70. The van der Waals surface area contributed by atoms with Crippen LogP contribution >= 0.6 is 11.3 Å². The number of nitrogens with two attached hydrogens (primary N) is 1. The normalized spacial score (nSPS) is 21.4. The Balaban J connectivity index is 0.00000117. The molecule has 26 heavy (non-hydrogen) atoms. The lowest BCUT2D eigenvalue weighted by molar-refractivity contribution is 0.150. The van der Waals surface area contributed by atoms with Crippen molar-refractivity contribution in [1.82, 2.24) is 19.8 Å². The van der Waals surface area contributed by atoms with E-state index in [4.69, 9.17) is 10.8 Å². The van der Waals surface area contributed by atoms with E-state index in [1.807, 2.05) is 18.9 Å². The molecule has 0 aliphatic carbocycles. The van der Waals surface area contributed by atoms with Gasteiger partial charge in [0.25, 0.3) is 0 Å². The van der Waals surface area contributed by atoms with Crippen molar-refractivity contribution in [2.24, 2.45) is 5.84 Å². The molecule has 2 aliphatic rings. The van der Waals surface area contributed by atoms with Crippen molar-refractivity contribution in [3.8, 4) is 0 Å². The Bertz CT molecular complexity index is 538. The summed E-state index contributed by atoms with van der Waals surface area (Å²) in [6, 6.07) is 0.442. The average Bonchev–Trinajstić information content (AvgIpc) is 3.30. The van der Waals surface area contributed by atoms with E-state index in [-0.39, 0.29) is 0 Å². The van der Waals surface area contributed by atoms with Gasteiger partial charge in [-0.25, -0.2) is 9.99 Å². The Kier molecular flexibility index (Phi) is 8.84. The zero-order valence-corrected chi connectivity index (χ0v) is 17.5. The zero-order valence-electron chi connectivity index (χ0n) is 16.7. The standard InChI is InChI=1S/C17H30N6S.C2H6/c1-3-14(2)22-9-7-21(8-10-22)12-15-13-24-17(20-15)19-11-16-5-4-6-23(16)18;1-2/h13,16H,2-12,18H2,1H3,(H,19,20);1-2H3/t16-;/m1./s1. The summed E-state index contributed by atoms with van der Waals surface area (Å²) in [5.74, 6) is 5.97. The molecule has 1 atom stereocenters. The number of nitrogens with zero attached hydrogens (tertiary/aromatic N) is 4. The number of hydrogen-bond acceptors (Lipinski definition) is 7. The topological polar surface area (TPSA) is 60.7 Å². The number of hydrazine groups is 1. The fourth-order valence-corrected chi connectivity index (χ4v) is 4.13. The smallest absolute Gasteiger partial charge is 0.182 e. The number of allylic oxidation sites excluding steroid dienone is 1. The fraction of sp³-hybridized carbons (Fsp3) is 0.737. The molecule has 1 aromatic heterocycles. The van der Waals surface area contributed by atoms with Crippen LogP contribution in [0.25, 0.3) is 0 Å². The van der Waals surface area contributed by atoms with Gasteiger partial charge in [0.05, 0.1) is 5.69 Å². The van der Waals surface area contributed by atoms with Crippen LogP contribution in [-0.2, 0) is 6.54 Å². The number of thiazole rings is 1. The van der Waals surface area contributed by atoms with Gasteiger partial charge < -0.3 is 10.2 Å². The van der Waals surface area contributed by atoms with E-state index < -0.39 is 0 Å². The SMILES string of the molecule is C=C(CC)N1CCN(Cc2csc(NC[C@H]3CCCN3N)n2)CC1.CC. The Hall–Kier alpha value is -1.15. The van der Waals surface area contributed by atoms with Crippen LogP contribution in [0.1, 0.15) is 45.7 Å². The third kappa shape index (κ3) is 5.94. The zero-order chi connectivity index (χ0) is 18.9. The Morgan fingerprint density at radius 3 is 2.65 bits per heavy atom. The van der Waals surface area contributed by atoms with E-state index in [0.717, 1.165) is 57.4 Å². The second-order valence-electron chi connectivity index (χ2n) is 6.74. The van der Waals surface area contributed by atoms with Crippen molar-refractivity contribution < 1.29 is 0 Å². The maximum absolute atomic E-state index is 5.97. The lowest BCUT2D eigenvalue weighted by atomic mass is 10.2. The van der Waals surface area contributed by atoms with Gasteiger partial charge in [-0.3, -0.25) is 10.7 Å². The molecule has 1 aromatic rings.